The van der Waals surface area contributed by atoms with Crippen LogP contribution in [0.4, 0.5) is 0 Å². The molecule has 1 aliphatic rings. The molecule has 0 amide bonds. The van der Waals surface area contributed by atoms with Crippen molar-refractivity contribution in [2.24, 2.45) is 7.05 Å². The van der Waals surface area contributed by atoms with Crippen LogP contribution < -0.4 is 4.72 Å². The Bertz CT molecular complexity index is 1030. The summed E-state index contributed by atoms with van der Waals surface area (Å²) >= 11 is 0. The van der Waals surface area contributed by atoms with Crippen LogP contribution in [0, 0.1) is 0 Å². The second-order valence-electron chi connectivity index (χ2n) is 6.60. The number of benzene rings is 2. The van der Waals surface area contributed by atoms with E-state index >= 15 is 0 Å². The first-order valence-corrected chi connectivity index (χ1v) is 10.2. The van der Waals surface area contributed by atoms with Crippen molar-refractivity contribution in [3.8, 4) is 11.1 Å². The Labute approximate surface area is 153 Å². The van der Waals surface area contributed by atoms with Gasteiger partial charge >= 0.3 is 0 Å². The van der Waals surface area contributed by atoms with Gasteiger partial charge in [-0.2, -0.15) is 5.10 Å². The van der Waals surface area contributed by atoms with E-state index in [1.165, 1.54) is 0 Å². The molecule has 0 bridgehead atoms. The Hall–Kier alpha value is -2.44. The molecule has 26 heavy (non-hydrogen) atoms. The van der Waals surface area contributed by atoms with E-state index < -0.39 is 10.0 Å². The third-order valence-corrected chi connectivity index (χ3v) is 6.46. The molecule has 4 rings (SSSR count). The average Bonchev–Trinajstić information content (AvgIpc) is 3.05. The minimum absolute atomic E-state index is 0.235. The molecule has 1 N–H and O–H groups in total. The van der Waals surface area contributed by atoms with E-state index in [-0.39, 0.29) is 6.04 Å². The minimum atomic E-state index is -3.66. The zero-order valence-electron chi connectivity index (χ0n) is 14.6. The Balaban J connectivity index is 1.71. The maximum Gasteiger partial charge on any atom is 0.241 e. The highest BCUT2D eigenvalue weighted by molar-refractivity contribution is 7.89. The molecule has 0 saturated carbocycles. The summed E-state index contributed by atoms with van der Waals surface area (Å²) in [5.74, 6) is 0. The number of rotatable bonds is 4. The summed E-state index contributed by atoms with van der Waals surface area (Å²) in [6, 6.07) is 16.5. The van der Waals surface area contributed by atoms with Crippen LogP contribution in [-0.4, -0.2) is 18.2 Å². The highest BCUT2D eigenvalue weighted by atomic mass is 32.2. The fourth-order valence-electron chi connectivity index (χ4n) is 3.64. The lowest BCUT2D eigenvalue weighted by molar-refractivity contribution is 0.498. The van der Waals surface area contributed by atoms with Gasteiger partial charge in [-0.25, -0.2) is 13.1 Å². The van der Waals surface area contributed by atoms with Gasteiger partial charge in [-0.1, -0.05) is 48.5 Å². The number of sulfonamides is 1. The summed E-state index contributed by atoms with van der Waals surface area (Å²) in [6.45, 7) is 0. The van der Waals surface area contributed by atoms with Crippen LogP contribution in [0.1, 0.15) is 30.1 Å². The highest BCUT2D eigenvalue weighted by Crippen LogP contribution is 2.32. The summed E-state index contributed by atoms with van der Waals surface area (Å²) in [7, 11) is -1.76. The molecule has 1 aromatic heterocycles. The molecule has 134 valence electrons. The van der Waals surface area contributed by atoms with Crippen LogP contribution in [-0.2, 0) is 23.5 Å². The second kappa shape index (κ2) is 6.70. The maximum atomic E-state index is 13.2. The molecule has 0 radical (unpaired) electrons. The summed E-state index contributed by atoms with van der Waals surface area (Å²) in [5.41, 5.74) is 3.70. The fraction of sp³-hybridized carbons (Fsp3) is 0.250. The highest BCUT2D eigenvalue weighted by Gasteiger charge is 2.29. The predicted octanol–water partition coefficient (Wildman–Crippen LogP) is 3.44. The van der Waals surface area contributed by atoms with Crippen molar-refractivity contribution in [2.45, 2.75) is 30.2 Å². The van der Waals surface area contributed by atoms with Crippen LogP contribution in [0.3, 0.4) is 0 Å². The van der Waals surface area contributed by atoms with Crippen molar-refractivity contribution in [3.05, 3.63) is 72.1 Å². The number of fused-ring (bicyclic) bond motifs is 1. The van der Waals surface area contributed by atoms with Gasteiger partial charge in [0, 0.05) is 23.9 Å². The lowest BCUT2D eigenvalue weighted by atomic mass is 9.94. The van der Waals surface area contributed by atoms with Crippen molar-refractivity contribution < 1.29 is 8.42 Å². The lowest BCUT2D eigenvalue weighted by Gasteiger charge is -2.24. The standard InChI is InChI=1S/C20H21N3O2S/c1-23-19-12-7-11-18(17(19)14-21-23)22-26(24,25)20-13-6-5-10-16(20)15-8-3-2-4-9-15/h2-6,8-10,13-14,18,22H,7,11-12H2,1H3. The van der Waals surface area contributed by atoms with Gasteiger partial charge < -0.3 is 0 Å². The summed E-state index contributed by atoms with van der Waals surface area (Å²) in [6.07, 6.45) is 4.45. The lowest BCUT2D eigenvalue weighted by Crippen LogP contribution is -2.31. The molecular weight excluding hydrogens is 346 g/mol. The first-order chi connectivity index (χ1) is 12.6. The summed E-state index contributed by atoms with van der Waals surface area (Å²) in [5, 5.41) is 4.30. The normalized spacial score (nSPS) is 17.0. The molecule has 1 unspecified atom stereocenters. The number of aryl methyl sites for hydroxylation is 1. The van der Waals surface area contributed by atoms with Gasteiger partial charge in [-0.15, -0.1) is 0 Å². The van der Waals surface area contributed by atoms with Crippen LogP contribution in [0.2, 0.25) is 0 Å². The third kappa shape index (κ3) is 3.06. The van der Waals surface area contributed by atoms with Crippen LogP contribution in [0.5, 0.6) is 0 Å². The molecule has 6 heteroatoms. The van der Waals surface area contributed by atoms with Crippen LogP contribution >= 0.6 is 0 Å². The Kier molecular flexibility index (Phi) is 4.38. The molecule has 1 atom stereocenters. The fourth-order valence-corrected chi connectivity index (χ4v) is 5.12. The number of nitrogens with one attached hydrogen (secondary N) is 1. The Morgan fingerprint density at radius 2 is 1.81 bits per heavy atom. The summed E-state index contributed by atoms with van der Waals surface area (Å²) < 4.78 is 31.1. The molecule has 5 nitrogen and oxygen atoms in total. The van der Waals surface area contributed by atoms with E-state index in [2.05, 4.69) is 9.82 Å². The van der Waals surface area contributed by atoms with E-state index in [0.29, 0.717) is 10.5 Å². The molecule has 0 aliphatic heterocycles. The van der Waals surface area contributed by atoms with E-state index in [0.717, 1.165) is 36.1 Å². The zero-order valence-corrected chi connectivity index (χ0v) is 15.4. The number of aromatic nitrogens is 2. The predicted molar refractivity (Wildman–Crippen MR) is 101 cm³/mol. The number of hydrogen-bond acceptors (Lipinski definition) is 3. The van der Waals surface area contributed by atoms with E-state index in [4.69, 9.17) is 0 Å². The minimum Gasteiger partial charge on any atom is -0.272 e. The van der Waals surface area contributed by atoms with Crippen LogP contribution in [0.25, 0.3) is 11.1 Å². The average molecular weight is 367 g/mol. The molecular formula is C20H21N3O2S. The quantitative estimate of drug-likeness (QED) is 0.768. The van der Waals surface area contributed by atoms with Crippen molar-refractivity contribution in [3.63, 3.8) is 0 Å². The molecule has 2 aromatic carbocycles. The van der Waals surface area contributed by atoms with Gasteiger partial charge in [-0.3, -0.25) is 4.68 Å². The maximum absolute atomic E-state index is 13.2. The molecule has 0 saturated heterocycles. The van der Waals surface area contributed by atoms with Crippen molar-refractivity contribution in [1.82, 2.24) is 14.5 Å². The first kappa shape index (κ1) is 17.0. The van der Waals surface area contributed by atoms with Gasteiger partial charge in [-0.05, 0) is 30.9 Å². The smallest absolute Gasteiger partial charge is 0.241 e. The van der Waals surface area contributed by atoms with E-state index in [1.807, 2.05) is 54.2 Å². The largest absolute Gasteiger partial charge is 0.272 e. The van der Waals surface area contributed by atoms with Crippen molar-refractivity contribution in [2.75, 3.05) is 0 Å². The van der Waals surface area contributed by atoms with E-state index in [1.54, 1.807) is 18.3 Å². The Morgan fingerprint density at radius 1 is 1.08 bits per heavy atom. The molecule has 1 aliphatic carbocycles. The number of nitrogens with zero attached hydrogens (tertiary/aromatic N) is 2. The first-order valence-electron chi connectivity index (χ1n) is 8.74. The van der Waals surface area contributed by atoms with Gasteiger partial charge in [0.25, 0.3) is 0 Å². The van der Waals surface area contributed by atoms with Gasteiger partial charge in [0.1, 0.15) is 0 Å². The Morgan fingerprint density at radius 3 is 2.62 bits per heavy atom. The number of hydrogen-bond donors (Lipinski definition) is 1. The molecule has 1 heterocycles. The topological polar surface area (TPSA) is 64.0 Å². The van der Waals surface area contributed by atoms with Gasteiger partial charge in [0.2, 0.25) is 10.0 Å². The van der Waals surface area contributed by atoms with Crippen molar-refractivity contribution in [1.29, 1.82) is 0 Å². The SMILES string of the molecule is Cn1ncc2c1CCCC2NS(=O)(=O)c1ccccc1-c1ccccc1. The second-order valence-corrected chi connectivity index (χ2v) is 8.28. The van der Waals surface area contributed by atoms with Crippen molar-refractivity contribution >= 4 is 10.0 Å². The molecule has 0 spiro atoms. The molecule has 3 aromatic rings. The third-order valence-electron chi connectivity index (χ3n) is 4.93. The zero-order chi connectivity index (χ0) is 18.1. The van der Waals surface area contributed by atoms with Gasteiger partial charge in [0.05, 0.1) is 17.1 Å². The van der Waals surface area contributed by atoms with Crippen LogP contribution in [0.15, 0.2) is 65.7 Å². The summed E-state index contributed by atoms with van der Waals surface area (Å²) in [4.78, 5) is 0.308. The van der Waals surface area contributed by atoms with E-state index in [9.17, 15) is 8.42 Å². The van der Waals surface area contributed by atoms with Gasteiger partial charge in [0.15, 0.2) is 0 Å². The molecule has 0 fully saturated rings. The monoisotopic (exact) mass is 367 g/mol.